The molecule has 38 heavy (non-hydrogen) atoms. The fraction of sp³-hybridized carbons (Fsp3) is 0.579. The molecule has 0 spiro atoms. The van der Waals surface area contributed by atoms with E-state index in [0.29, 0.717) is 5.92 Å². The summed E-state index contributed by atoms with van der Waals surface area (Å²) in [5.41, 5.74) is 5.73. The molecule has 0 bridgehead atoms. The van der Waals surface area contributed by atoms with Crippen molar-refractivity contribution in [2.24, 2.45) is 11.8 Å². The summed E-state index contributed by atoms with van der Waals surface area (Å²) in [5, 5.41) is 0. The third-order valence-electron chi connectivity index (χ3n) is 9.40. The van der Waals surface area contributed by atoms with Crippen LogP contribution in [0.15, 0.2) is 60.7 Å². The minimum Gasteiger partial charge on any atom is -0.0730 e. The first-order valence-electron chi connectivity index (χ1n) is 16.1. The van der Waals surface area contributed by atoms with Crippen molar-refractivity contribution in [2.45, 2.75) is 128 Å². The molecule has 2 aromatic carbocycles. The van der Waals surface area contributed by atoms with Gasteiger partial charge in [0.05, 0.1) is 0 Å². The lowest BCUT2D eigenvalue weighted by Gasteiger charge is -2.29. The van der Waals surface area contributed by atoms with Crippen molar-refractivity contribution in [1.82, 2.24) is 0 Å². The summed E-state index contributed by atoms with van der Waals surface area (Å²) in [5.74, 6) is 9.86. The Balaban J connectivity index is 1.17. The van der Waals surface area contributed by atoms with Crippen LogP contribution in [0.3, 0.4) is 0 Å². The minimum atomic E-state index is 0.688. The van der Waals surface area contributed by atoms with E-state index in [4.69, 9.17) is 0 Å². The molecule has 0 radical (unpaired) electrons. The molecule has 2 fully saturated rings. The average molecular weight is 509 g/mol. The zero-order chi connectivity index (χ0) is 26.4. The highest BCUT2D eigenvalue weighted by molar-refractivity contribution is 5.39. The molecule has 0 unspecified atom stereocenters. The lowest BCUT2D eigenvalue weighted by Crippen LogP contribution is -2.13. The number of unbranched alkanes of at least 4 members (excludes halogenated alkanes) is 4. The van der Waals surface area contributed by atoms with Gasteiger partial charge < -0.3 is 0 Å². The predicted octanol–water partition coefficient (Wildman–Crippen LogP) is 11.2. The lowest BCUT2D eigenvalue weighted by molar-refractivity contribution is 0.303. The van der Waals surface area contributed by atoms with E-state index in [9.17, 15) is 0 Å². The number of benzene rings is 2. The standard InChI is InChI=1S/C38H52/c1-3-5-7-11-31-15-23-35(24-16-31)37-27-19-33(20-28-37)13-9-10-14-34-21-29-38(30-22-34)36-25-17-32(18-26-36)12-8-6-4-2/h9,13,15-16,21-24,29-30,32-33,36-37H,3-8,11-12,17-20,25-28H2,1-2H3/t32-,33-,36-,37-. The molecule has 0 N–H and O–H groups in total. The third kappa shape index (κ3) is 9.19. The molecule has 0 saturated heterocycles. The highest BCUT2D eigenvalue weighted by Gasteiger charge is 2.22. The molecular weight excluding hydrogens is 456 g/mol. The maximum absolute atomic E-state index is 3.37. The van der Waals surface area contributed by atoms with Crippen LogP contribution in [0.4, 0.5) is 0 Å². The summed E-state index contributed by atoms with van der Waals surface area (Å²) >= 11 is 0. The Morgan fingerprint density at radius 2 is 1.24 bits per heavy atom. The van der Waals surface area contributed by atoms with Gasteiger partial charge in [-0.1, -0.05) is 107 Å². The van der Waals surface area contributed by atoms with E-state index in [1.807, 2.05) is 0 Å². The van der Waals surface area contributed by atoms with Gasteiger partial charge in [0.2, 0.25) is 0 Å². The first-order valence-corrected chi connectivity index (χ1v) is 16.1. The molecule has 2 aliphatic carbocycles. The van der Waals surface area contributed by atoms with Gasteiger partial charge in [0.15, 0.2) is 0 Å². The zero-order valence-corrected chi connectivity index (χ0v) is 24.4. The van der Waals surface area contributed by atoms with E-state index in [-0.39, 0.29) is 0 Å². The number of rotatable bonds is 11. The van der Waals surface area contributed by atoms with Crippen molar-refractivity contribution >= 4 is 0 Å². The van der Waals surface area contributed by atoms with Crippen LogP contribution in [-0.2, 0) is 6.42 Å². The van der Waals surface area contributed by atoms with Crippen LogP contribution < -0.4 is 0 Å². The summed E-state index contributed by atoms with van der Waals surface area (Å²) in [7, 11) is 0. The van der Waals surface area contributed by atoms with Crippen molar-refractivity contribution in [1.29, 1.82) is 0 Å². The summed E-state index contributed by atoms with van der Waals surface area (Å²) < 4.78 is 0. The zero-order valence-electron chi connectivity index (χ0n) is 24.4. The molecule has 2 saturated carbocycles. The van der Waals surface area contributed by atoms with E-state index in [0.717, 1.165) is 23.3 Å². The van der Waals surface area contributed by atoms with Crippen LogP contribution in [0.2, 0.25) is 0 Å². The Hall–Kier alpha value is -2.26. The Labute approximate surface area is 234 Å². The van der Waals surface area contributed by atoms with Crippen molar-refractivity contribution in [3.63, 3.8) is 0 Å². The van der Waals surface area contributed by atoms with Crippen LogP contribution in [0.25, 0.3) is 0 Å². The highest BCUT2D eigenvalue weighted by Crippen LogP contribution is 2.38. The number of allylic oxidation sites excluding steroid dienone is 2. The predicted molar refractivity (Wildman–Crippen MR) is 166 cm³/mol. The molecule has 2 aromatic rings. The Kier molecular flexibility index (Phi) is 12.1. The maximum Gasteiger partial charge on any atom is 0.0249 e. The fourth-order valence-corrected chi connectivity index (χ4v) is 6.80. The molecule has 0 heterocycles. The second-order valence-electron chi connectivity index (χ2n) is 12.3. The molecule has 0 aliphatic heterocycles. The van der Waals surface area contributed by atoms with Gasteiger partial charge in [0, 0.05) is 5.56 Å². The molecule has 4 rings (SSSR count). The normalized spacial score (nSPS) is 23.7. The van der Waals surface area contributed by atoms with Crippen LogP contribution in [-0.4, -0.2) is 0 Å². The largest absolute Gasteiger partial charge is 0.0730 e. The molecule has 0 nitrogen and oxygen atoms in total. The molecule has 204 valence electrons. The van der Waals surface area contributed by atoms with Gasteiger partial charge in [-0.3, -0.25) is 0 Å². The molecule has 0 heteroatoms. The second kappa shape index (κ2) is 16.0. The number of aryl methyl sites for hydroxylation is 1. The summed E-state index contributed by atoms with van der Waals surface area (Å²) in [4.78, 5) is 0. The Morgan fingerprint density at radius 3 is 1.87 bits per heavy atom. The molecule has 0 aromatic heterocycles. The number of hydrogen-bond acceptors (Lipinski definition) is 0. The quantitative estimate of drug-likeness (QED) is 0.209. The summed E-state index contributed by atoms with van der Waals surface area (Å²) in [6.07, 6.45) is 26.1. The summed E-state index contributed by atoms with van der Waals surface area (Å²) in [6.45, 7) is 4.59. The topological polar surface area (TPSA) is 0 Å². The van der Waals surface area contributed by atoms with E-state index < -0.39 is 0 Å². The molecule has 2 aliphatic rings. The SMILES string of the molecule is CCCCCc1ccc([C@H]2CC[C@H](C=CC#Cc3ccc([C@H]4CC[C@H](CCCCC)CC4)cc3)CC2)cc1. The van der Waals surface area contributed by atoms with E-state index in [1.54, 1.807) is 5.56 Å². The minimum absolute atomic E-state index is 0.688. The smallest absolute Gasteiger partial charge is 0.0249 e. The van der Waals surface area contributed by atoms with E-state index in [1.165, 1.54) is 114 Å². The van der Waals surface area contributed by atoms with Gasteiger partial charge in [0.25, 0.3) is 0 Å². The average Bonchev–Trinajstić information content (AvgIpc) is 2.97. The van der Waals surface area contributed by atoms with Crippen LogP contribution >= 0.6 is 0 Å². The van der Waals surface area contributed by atoms with E-state index in [2.05, 4.69) is 86.4 Å². The molecule has 0 atom stereocenters. The van der Waals surface area contributed by atoms with Gasteiger partial charge in [0.1, 0.15) is 0 Å². The van der Waals surface area contributed by atoms with Crippen LogP contribution in [0.1, 0.15) is 144 Å². The highest BCUT2D eigenvalue weighted by atomic mass is 14.3. The Bertz CT molecular complexity index is 996. The fourth-order valence-electron chi connectivity index (χ4n) is 6.80. The van der Waals surface area contributed by atoms with E-state index >= 15 is 0 Å². The first-order chi connectivity index (χ1) is 18.7. The lowest BCUT2D eigenvalue weighted by atomic mass is 9.77. The monoisotopic (exact) mass is 508 g/mol. The molecular formula is C38H52. The third-order valence-corrected chi connectivity index (χ3v) is 9.40. The van der Waals surface area contributed by atoms with Crippen molar-refractivity contribution in [3.05, 3.63) is 82.9 Å². The first kappa shape index (κ1) is 28.7. The van der Waals surface area contributed by atoms with Gasteiger partial charge in [-0.25, -0.2) is 0 Å². The van der Waals surface area contributed by atoms with Gasteiger partial charge in [-0.15, -0.1) is 0 Å². The Morgan fingerprint density at radius 1 is 0.658 bits per heavy atom. The maximum atomic E-state index is 3.37. The van der Waals surface area contributed by atoms with Gasteiger partial charge in [-0.05, 0) is 123 Å². The van der Waals surface area contributed by atoms with Gasteiger partial charge >= 0.3 is 0 Å². The van der Waals surface area contributed by atoms with Crippen LogP contribution in [0.5, 0.6) is 0 Å². The van der Waals surface area contributed by atoms with Crippen molar-refractivity contribution in [3.8, 4) is 11.8 Å². The van der Waals surface area contributed by atoms with Crippen molar-refractivity contribution < 1.29 is 0 Å². The second-order valence-corrected chi connectivity index (χ2v) is 12.3. The number of hydrogen-bond donors (Lipinski definition) is 0. The van der Waals surface area contributed by atoms with Crippen molar-refractivity contribution in [2.75, 3.05) is 0 Å². The van der Waals surface area contributed by atoms with Crippen LogP contribution in [0, 0.1) is 23.7 Å². The van der Waals surface area contributed by atoms with Gasteiger partial charge in [-0.2, -0.15) is 0 Å². The summed E-state index contributed by atoms with van der Waals surface area (Å²) in [6, 6.07) is 18.7. The molecule has 0 amide bonds.